The van der Waals surface area contributed by atoms with Crippen LogP contribution in [0.15, 0.2) is 183 Å². The molecule has 0 saturated heterocycles. The molecule has 7 aromatic carbocycles. The van der Waals surface area contributed by atoms with Crippen molar-refractivity contribution in [2.45, 2.75) is 30.6 Å². The maximum Gasteiger partial charge on any atom is 0.0474 e. The zero-order valence-electron chi connectivity index (χ0n) is 31.9. The average Bonchev–Trinajstić information content (AvgIpc) is 3.72. The molecule has 9 rings (SSSR count). The molecule has 0 unspecified atom stereocenters. The summed E-state index contributed by atoms with van der Waals surface area (Å²) >= 11 is 20.1. The third-order valence-corrected chi connectivity index (χ3v) is 13.2. The van der Waals surface area contributed by atoms with E-state index in [0.717, 1.165) is 59.4 Å². The fraction of sp³-hybridized carbons (Fsp3) is 0.0943. The van der Waals surface area contributed by atoms with Crippen molar-refractivity contribution in [1.82, 2.24) is 0 Å². The lowest BCUT2D eigenvalue weighted by Gasteiger charge is -2.33. The van der Waals surface area contributed by atoms with Gasteiger partial charge in [-0.25, -0.2) is 0 Å². The van der Waals surface area contributed by atoms with Gasteiger partial charge in [0.1, 0.15) is 0 Å². The normalized spacial score (nSPS) is 12.4. The van der Waals surface area contributed by atoms with Gasteiger partial charge in [-0.05, 0) is 146 Å². The summed E-state index contributed by atoms with van der Waals surface area (Å²) in [4.78, 5) is 0. The molecule has 0 N–H and O–H groups in total. The van der Waals surface area contributed by atoms with E-state index < -0.39 is 0 Å². The summed E-state index contributed by atoms with van der Waals surface area (Å²) in [6.45, 7) is 11.5. The highest BCUT2D eigenvalue weighted by molar-refractivity contribution is 9.11. The maximum atomic E-state index is 5.60. The first kappa shape index (κ1) is 42.1. The number of hydrogen-bond donors (Lipinski definition) is 0. The van der Waals surface area contributed by atoms with E-state index in [4.69, 9.17) is 11.6 Å². The second-order valence-electron chi connectivity index (χ2n) is 14.6. The van der Waals surface area contributed by atoms with Crippen LogP contribution in [0.2, 0.25) is 0 Å². The van der Waals surface area contributed by atoms with E-state index in [1.165, 1.54) is 55.6 Å². The van der Waals surface area contributed by atoms with Gasteiger partial charge < -0.3 is 0 Å². The highest BCUT2D eigenvalue weighted by atomic mass is 79.9. The topological polar surface area (TPSA) is 0 Å². The molecule has 58 heavy (non-hydrogen) atoms. The number of benzene rings is 7. The Bertz CT molecular complexity index is 2450. The first-order valence-corrected chi connectivity index (χ1v) is 22.7. The lowest BCUT2D eigenvalue weighted by Crippen LogP contribution is -2.31. The van der Waals surface area contributed by atoms with Crippen LogP contribution in [0, 0.1) is 0 Å². The third-order valence-electron chi connectivity index (χ3n) is 10.9. The first-order valence-electron chi connectivity index (χ1n) is 19.0. The first-order chi connectivity index (χ1) is 28.1. The van der Waals surface area contributed by atoms with E-state index in [9.17, 15) is 0 Å². The van der Waals surface area contributed by atoms with Gasteiger partial charge in [0, 0.05) is 29.2 Å². The molecule has 0 amide bonds. The van der Waals surface area contributed by atoms with Crippen molar-refractivity contribution in [1.29, 1.82) is 0 Å². The minimum absolute atomic E-state index is 0.177. The second kappa shape index (κ2) is 18.9. The molecule has 0 spiro atoms. The van der Waals surface area contributed by atoms with Crippen LogP contribution in [-0.4, -0.2) is 0 Å². The van der Waals surface area contributed by atoms with Gasteiger partial charge >= 0.3 is 0 Å². The van der Waals surface area contributed by atoms with Crippen LogP contribution >= 0.6 is 75.3 Å². The molecule has 288 valence electrons. The minimum Gasteiger partial charge on any atom is -0.122 e. The number of alkyl halides is 1. The quantitative estimate of drug-likeness (QED) is 0.133. The molecule has 0 radical (unpaired) electrons. The summed E-state index contributed by atoms with van der Waals surface area (Å²) in [7, 11) is 0. The Labute approximate surface area is 381 Å². The zero-order chi connectivity index (χ0) is 40.8. The SMILES string of the molecule is Brc1ccc2c(c1)Cc1cc(Br)ccc1-2.C=Cc1ccc(CC2(Cc3ccc(C=C)cc3)c3cc(Br)ccc3-c3ccc(Br)cc32)cc1.C=Cc1ccc(CCl)cc1. The molecule has 0 heterocycles. The van der Waals surface area contributed by atoms with Gasteiger partial charge in [-0.15, -0.1) is 11.6 Å². The van der Waals surface area contributed by atoms with Gasteiger partial charge in [0.15, 0.2) is 0 Å². The fourth-order valence-electron chi connectivity index (χ4n) is 8.01. The summed E-state index contributed by atoms with van der Waals surface area (Å²) in [5, 5.41) is 0. The van der Waals surface area contributed by atoms with Crippen molar-refractivity contribution < 1.29 is 0 Å². The van der Waals surface area contributed by atoms with E-state index >= 15 is 0 Å². The number of halogens is 5. The number of fused-ring (bicyclic) bond motifs is 6. The number of hydrogen-bond acceptors (Lipinski definition) is 0. The second-order valence-corrected chi connectivity index (χ2v) is 18.5. The van der Waals surface area contributed by atoms with Crippen LogP contribution in [0.4, 0.5) is 0 Å². The Balaban J connectivity index is 0.000000167. The molecule has 0 atom stereocenters. The molecular formula is C53H41Br4Cl. The molecule has 7 aromatic rings. The Kier molecular flexibility index (Phi) is 13.7. The van der Waals surface area contributed by atoms with Crippen molar-refractivity contribution in [3.05, 3.63) is 239 Å². The van der Waals surface area contributed by atoms with Crippen LogP contribution in [0.3, 0.4) is 0 Å². The van der Waals surface area contributed by atoms with Crippen LogP contribution in [0.25, 0.3) is 40.5 Å². The largest absolute Gasteiger partial charge is 0.122 e. The van der Waals surface area contributed by atoms with Gasteiger partial charge in [0.05, 0.1) is 0 Å². The molecule has 0 saturated carbocycles. The lowest BCUT2D eigenvalue weighted by molar-refractivity contribution is 0.519. The Morgan fingerprint density at radius 2 is 0.759 bits per heavy atom. The Morgan fingerprint density at radius 1 is 0.431 bits per heavy atom. The predicted molar refractivity (Wildman–Crippen MR) is 265 cm³/mol. The molecule has 0 bridgehead atoms. The summed E-state index contributed by atoms with van der Waals surface area (Å²) < 4.78 is 4.55. The summed E-state index contributed by atoms with van der Waals surface area (Å²) in [6.07, 6.45) is 8.49. The molecule has 0 aliphatic heterocycles. The van der Waals surface area contributed by atoms with Crippen molar-refractivity contribution in [2.75, 3.05) is 0 Å². The standard InChI is InChI=1S/C31H24Br2.C13H8Br2.C9H9Cl/c1-3-21-5-9-23(10-6-21)19-31(20-24-11-7-22(4-2)8-12-24)29-17-25(32)13-15-27(29)28-16-14-26(33)18-30(28)31;14-10-1-3-12-8(6-10)5-9-7-11(15)2-4-13(9)12;1-2-8-3-5-9(7-10)6-4-8/h3-18H,1-2,19-20H2;1-4,6-7H,5H2;2-6H,1,7H2. The Morgan fingerprint density at radius 3 is 1.10 bits per heavy atom. The van der Waals surface area contributed by atoms with Crippen LogP contribution in [0.5, 0.6) is 0 Å². The van der Waals surface area contributed by atoms with E-state index in [0.29, 0.717) is 5.88 Å². The van der Waals surface area contributed by atoms with Gasteiger partial charge in [0.25, 0.3) is 0 Å². The molecule has 2 aliphatic rings. The lowest BCUT2D eigenvalue weighted by atomic mass is 9.69. The molecule has 2 aliphatic carbocycles. The molecule has 0 nitrogen and oxygen atoms in total. The van der Waals surface area contributed by atoms with Gasteiger partial charge in [-0.2, -0.15) is 0 Å². The zero-order valence-corrected chi connectivity index (χ0v) is 39.0. The van der Waals surface area contributed by atoms with Gasteiger partial charge in [-0.3, -0.25) is 0 Å². The Hall–Kier alpha value is -4.03. The summed E-state index contributed by atoms with van der Waals surface area (Å²) in [5.74, 6) is 0.581. The van der Waals surface area contributed by atoms with E-state index in [1.54, 1.807) is 0 Å². The van der Waals surface area contributed by atoms with Crippen LogP contribution in [0.1, 0.15) is 55.6 Å². The summed E-state index contributed by atoms with van der Waals surface area (Å²) in [6, 6.07) is 52.1. The summed E-state index contributed by atoms with van der Waals surface area (Å²) in [5.41, 5.74) is 18.0. The van der Waals surface area contributed by atoms with E-state index in [-0.39, 0.29) is 5.41 Å². The highest BCUT2D eigenvalue weighted by Crippen LogP contribution is 2.53. The van der Waals surface area contributed by atoms with Crippen molar-refractivity contribution in [3.8, 4) is 22.3 Å². The molecule has 5 heteroatoms. The predicted octanol–water partition coefficient (Wildman–Crippen LogP) is 17.1. The van der Waals surface area contributed by atoms with Crippen molar-refractivity contribution in [3.63, 3.8) is 0 Å². The molecule has 0 fully saturated rings. The van der Waals surface area contributed by atoms with Crippen molar-refractivity contribution >= 4 is 93.5 Å². The van der Waals surface area contributed by atoms with E-state index in [1.807, 2.05) is 42.5 Å². The fourth-order valence-corrected chi connectivity index (χ4v) is 9.73. The van der Waals surface area contributed by atoms with Gasteiger partial charge in [0.2, 0.25) is 0 Å². The maximum absolute atomic E-state index is 5.60. The average molecular weight is 1030 g/mol. The highest BCUT2D eigenvalue weighted by Gasteiger charge is 2.43. The van der Waals surface area contributed by atoms with Crippen LogP contribution < -0.4 is 0 Å². The van der Waals surface area contributed by atoms with Crippen molar-refractivity contribution in [2.24, 2.45) is 0 Å². The number of rotatable bonds is 8. The van der Waals surface area contributed by atoms with E-state index in [2.05, 4.69) is 205 Å². The monoisotopic (exact) mass is 1030 g/mol. The van der Waals surface area contributed by atoms with Crippen LogP contribution in [-0.2, 0) is 30.6 Å². The molecular weight excluding hydrogens is 992 g/mol. The third kappa shape index (κ3) is 9.38. The smallest absolute Gasteiger partial charge is 0.0474 e. The van der Waals surface area contributed by atoms with Gasteiger partial charge in [-0.1, -0.05) is 199 Å². The molecule has 0 aromatic heterocycles. The minimum atomic E-state index is -0.177.